The summed E-state index contributed by atoms with van der Waals surface area (Å²) in [4.78, 5) is 0. The van der Waals surface area contributed by atoms with Crippen LogP contribution in [0.2, 0.25) is 0 Å². The normalized spacial score (nSPS) is 35.0. The van der Waals surface area contributed by atoms with E-state index in [0.29, 0.717) is 6.04 Å². The quantitative estimate of drug-likeness (QED) is 0.601. The Balaban J connectivity index is 2.03. The molecular formula is C8H16N2O2. The Labute approximate surface area is 72.8 Å². The van der Waals surface area contributed by atoms with Crippen molar-refractivity contribution in [1.29, 1.82) is 0 Å². The minimum Gasteiger partial charge on any atom is -0.346 e. The average molecular weight is 172 g/mol. The number of hydrogen-bond acceptors (Lipinski definition) is 4. The van der Waals surface area contributed by atoms with Gasteiger partial charge in [-0.25, -0.2) is 5.01 Å². The van der Waals surface area contributed by atoms with Gasteiger partial charge in [-0.05, 0) is 14.0 Å². The number of hydrazine groups is 1. The van der Waals surface area contributed by atoms with Gasteiger partial charge in [-0.2, -0.15) is 0 Å². The molecule has 0 aromatic rings. The summed E-state index contributed by atoms with van der Waals surface area (Å²) in [5.74, 6) is -0.303. The molecule has 0 aromatic heterocycles. The largest absolute Gasteiger partial charge is 0.346 e. The van der Waals surface area contributed by atoms with E-state index in [1.165, 1.54) is 0 Å². The van der Waals surface area contributed by atoms with Gasteiger partial charge in [-0.3, -0.25) is 5.43 Å². The molecule has 2 fully saturated rings. The Bertz CT molecular complexity index is 168. The molecule has 12 heavy (non-hydrogen) atoms. The molecule has 0 aromatic carbocycles. The molecule has 0 amide bonds. The summed E-state index contributed by atoms with van der Waals surface area (Å²) in [6, 6.07) is 0.494. The number of rotatable bonds is 1. The molecular weight excluding hydrogens is 156 g/mol. The second-order valence-electron chi connectivity index (χ2n) is 3.51. The number of hydrogen-bond donors (Lipinski definition) is 1. The molecule has 1 spiro atoms. The van der Waals surface area contributed by atoms with Gasteiger partial charge < -0.3 is 9.47 Å². The summed E-state index contributed by atoms with van der Waals surface area (Å²) < 4.78 is 11.2. The number of nitrogens with one attached hydrogen (secondary N) is 1. The topological polar surface area (TPSA) is 33.7 Å². The maximum Gasteiger partial charge on any atom is 0.184 e. The van der Waals surface area contributed by atoms with Crippen molar-refractivity contribution in [1.82, 2.24) is 10.4 Å². The molecule has 2 saturated heterocycles. The highest BCUT2D eigenvalue weighted by Gasteiger charge is 2.46. The van der Waals surface area contributed by atoms with E-state index in [0.717, 1.165) is 26.2 Å². The van der Waals surface area contributed by atoms with Crippen molar-refractivity contribution in [3.05, 3.63) is 0 Å². The highest BCUT2D eigenvalue weighted by molar-refractivity contribution is 4.89. The third-order valence-corrected chi connectivity index (χ3v) is 2.65. The van der Waals surface area contributed by atoms with Crippen molar-refractivity contribution in [2.75, 3.05) is 26.8 Å². The van der Waals surface area contributed by atoms with Crippen LogP contribution < -0.4 is 5.43 Å². The number of nitrogens with zero attached hydrogens (tertiary/aromatic N) is 1. The third-order valence-electron chi connectivity index (χ3n) is 2.65. The Kier molecular flexibility index (Phi) is 2.08. The Morgan fingerprint density at radius 2 is 2.08 bits per heavy atom. The molecule has 2 rings (SSSR count). The second-order valence-corrected chi connectivity index (χ2v) is 3.51. The lowest BCUT2D eigenvalue weighted by Crippen LogP contribution is -2.40. The molecule has 4 nitrogen and oxygen atoms in total. The Morgan fingerprint density at radius 3 is 2.58 bits per heavy atom. The van der Waals surface area contributed by atoms with Crippen molar-refractivity contribution in [2.45, 2.75) is 25.2 Å². The van der Waals surface area contributed by atoms with Crippen molar-refractivity contribution in [3.63, 3.8) is 0 Å². The zero-order valence-electron chi connectivity index (χ0n) is 7.67. The standard InChI is InChI=1S/C8H16N2O2/c1-7-5-8(6-10(7)9-2)11-3-4-12-8/h7,9H,3-6H2,1-2H3/t7-/m1/s1. The fourth-order valence-corrected chi connectivity index (χ4v) is 2.05. The zero-order chi connectivity index (χ0) is 8.60. The van der Waals surface area contributed by atoms with Crippen LogP contribution in [0, 0.1) is 0 Å². The summed E-state index contributed by atoms with van der Waals surface area (Å²) >= 11 is 0. The fraction of sp³-hybridized carbons (Fsp3) is 1.00. The monoisotopic (exact) mass is 172 g/mol. The lowest BCUT2D eigenvalue weighted by molar-refractivity contribution is -0.147. The molecule has 0 aliphatic carbocycles. The van der Waals surface area contributed by atoms with E-state index in [4.69, 9.17) is 9.47 Å². The highest BCUT2D eigenvalue weighted by atomic mass is 16.7. The number of ether oxygens (including phenoxy) is 2. The van der Waals surface area contributed by atoms with E-state index in [1.807, 2.05) is 7.05 Å². The van der Waals surface area contributed by atoms with Crippen LogP contribution in [0.25, 0.3) is 0 Å². The first kappa shape index (κ1) is 8.44. The molecule has 2 aliphatic rings. The van der Waals surface area contributed by atoms with Crippen LogP contribution in [0.5, 0.6) is 0 Å². The summed E-state index contributed by atoms with van der Waals surface area (Å²) in [5, 5.41) is 2.16. The zero-order valence-corrected chi connectivity index (χ0v) is 7.67. The van der Waals surface area contributed by atoms with Gasteiger partial charge in [0.2, 0.25) is 0 Å². The maximum atomic E-state index is 5.60. The molecule has 4 heteroatoms. The highest BCUT2D eigenvalue weighted by Crippen LogP contribution is 2.32. The average Bonchev–Trinajstić information content (AvgIpc) is 2.60. The van der Waals surface area contributed by atoms with Crippen LogP contribution in [0.15, 0.2) is 0 Å². The first-order chi connectivity index (χ1) is 5.76. The van der Waals surface area contributed by atoms with Gasteiger partial charge >= 0.3 is 0 Å². The first-order valence-electron chi connectivity index (χ1n) is 4.48. The molecule has 2 aliphatic heterocycles. The first-order valence-corrected chi connectivity index (χ1v) is 4.48. The molecule has 70 valence electrons. The summed E-state index contributed by atoms with van der Waals surface area (Å²) in [7, 11) is 1.93. The van der Waals surface area contributed by atoms with E-state index in [1.54, 1.807) is 0 Å². The lowest BCUT2D eigenvalue weighted by Gasteiger charge is -2.21. The van der Waals surface area contributed by atoms with Crippen LogP contribution in [0.3, 0.4) is 0 Å². The molecule has 0 radical (unpaired) electrons. The molecule has 1 atom stereocenters. The van der Waals surface area contributed by atoms with E-state index < -0.39 is 0 Å². The smallest absolute Gasteiger partial charge is 0.184 e. The van der Waals surface area contributed by atoms with Gasteiger partial charge in [0.05, 0.1) is 19.8 Å². The van der Waals surface area contributed by atoms with E-state index in [9.17, 15) is 0 Å². The van der Waals surface area contributed by atoms with Crippen LogP contribution in [0.1, 0.15) is 13.3 Å². The predicted molar refractivity (Wildman–Crippen MR) is 44.5 cm³/mol. The van der Waals surface area contributed by atoms with Crippen LogP contribution in [-0.2, 0) is 9.47 Å². The van der Waals surface area contributed by atoms with Crippen LogP contribution in [0.4, 0.5) is 0 Å². The third kappa shape index (κ3) is 1.25. The van der Waals surface area contributed by atoms with Gasteiger partial charge in [0, 0.05) is 12.5 Å². The van der Waals surface area contributed by atoms with E-state index >= 15 is 0 Å². The minimum absolute atomic E-state index is 0.303. The van der Waals surface area contributed by atoms with Crippen LogP contribution in [-0.4, -0.2) is 43.6 Å². The fourth-order valence-electron chi connectivity index (χ4n) is 2.05. The SMILES string of the molecule is CNN1CC2(C[C@H]1C)OCCO2. The molecule has 2 heterocycles. The van der Waals surface area contributed by atoms with Crippen molar-refractivity contribution < 1.29 is 9.47 Å². The second kappa shape index (κ2) is 2.96. The maximum absolute atomic E-state index is 5.60. The Morgan fingerprint density at radius 1 is 1.42 bits per heavy atom. The lowest BCUT2D eigenvalue weighted by atomic mass is 10.2. The Hall–Kier alpha value is -0.160. The summed E-state index contributed by atoms with van der Waals surface area (Å²) in [6.45, 7) is 4.50. The summed E-state index contributed by atoms with van der Waals surface area (Å²) in [6.07, 6.45) is 0.966. The van der Waals surface area contributed by atoms with Gasteiger partial charge in [0.25, 0.3) is 0 Å². The summed E-state index contributed by atoms with van der Waals surface area (Å²) in [5.41, 5.74) is 3.14. The predicted octanol–water partition coefficient (Wildman–Crippen LogP) is -0.0419. The van der Waals surface area contributed by atoms with Crippen LogP contribution >= 0.6 is 0 Å². The minimum atomic E-state index is -0.303. The van der Waals surface area contributed by atoms with Gasteiger partial charge in [0.15, 0.2) is 5.79 Å². The van der Waals surface area contributed by atoms with E-state index in [2.05, 4.69) is 17.4 Å². The van der Waals surface area contributed by atoms with Gasteiger partial charge in [0.1, 0.15) is 0 Å². The molecule has 1 N–H and O–H groups in total. The van der Waals surface area contributed by atoms with Gasteiger partial charge in [-0.15, -0.1) is 0 Å². The van der Waals surface area contributed by atoms with Crippen molar-refractivity contribution in [2.24, 2.45) is 0 Å². The van der Waals surface area contributed by atoms with Gasteiger partial charge in [-0.1, -0.05) is 0 Å². The van der Waals surface area contributed by atoms with E-state index in [-0.39, 0.29) is 5.79 Å². The molecule has 0 bridgehead atoms. The molecule has 0 unspecified atom stereocenters. The van der Waals surface area contributed by atoms with Crippen molar-refractivity contribution in [3.8, 4) is 0 Å². The molecule has 0 saturated carbocycles. The van der Waals surface area contributed by atoms with Crippen molar-refractivity contribution >= 4 is 0 Å².